The molecule has 4 heteroatoms. The fourth-order valence-electron chi connectivity index (χ4n) is 3.43. The lowest BCUT2D eigenvalue weighted by Gasteiger charge is -2.33. The minimum absolute atomic E-state index is 0.404. The van der Waals surface area contributed by atoms with E-state index in [1.54, 1.807) is 0 Å². The van der Waals surface area contributed by atoms with Crippen molar-refractivity contribution in [3.63, 3.8) is 0 Å². The average Bonchev–Trinajstić information content (AvgIpc) is 2.38. The van der Waals surface area contributed by atoms with Gasteiger partial charge < -0.3 is 5.32 Å². The molecular formula is C14H27NO2S. The molecule has 0 bridgehead atoms. The molecule has 0 aromatic heterocycles. The predicted octanol–water partition coefficient (Wildman–Crippen LogP) is 2.37. The zero-order chi connectivity index (χ0) is 13.0. The maximum atomic E-state index is 11.4. The number of nitrogens with one attached hydrogen (secondary N) is 1. The quantitative estimate of drug-likeness (QED) is 0.855. The molecular weight excluding hydrogens is 246 g/mol. The summed E-state index contributed by atoms with van der Waals surface area (Å²) in [6, 6.07) is 0.683. The van der Waals surface area contributed by atoms with Gasteiger partial charge in [-0.3, -0.25) is 0 Å². The van der Waals surface area contributed by atoms with E-state index in [-0.39, 0.29) is 0 Å². The minimum Gasteiger partial charge on any atom is -0.313 e. The van der Waals surface area contributed by atoms with Gasteiger partial charge in [-0.25, -0.2) is 8.42 Å². The van der Waals surface area contributed by atoms with Crippen molar-refractivity contribution in [3.05, 3.63) is 0 Å². The standard InChI is InChI=1S/C14H27NO2S/c1-2-13-5-3-4-6-14(13)15-11-12-7-9-18(16,17)10-8-12/h12-15H,2-11H2,1H3/t13-,14-/m1/s1. The number of hydrogen-bond acceptors (Lipinski definition) is 3. The molecule has 0 aromatic carbocycles. The van der Waals surface area contributed by atoms with Crippen LogP contribution in [0.5, 0.6) is 0 Å². The van der Waals surface area contributed by atoms with Gasteiger partial charge in [-0.05, 0) is 44.1 Å². The second-order valence-corrected chi connectivity index (χ2v) is 8.37. The Hall–Kier alpha value is -0.0900. The first-order valence-corrected chi connectivity index (χ1v) is 9.36. The Kier molecular flexibility index (Phi) is 5.07. The third-order valence-corrected chi connectivity index (χ3v) is 6.49. The molecule has 1 N–H and O–H groups in total. The molecule has 1 aliphatic heterocycles. The smallest absolute Gasteiger partial charge is 0.150 e. The van der Waals surface area contributed by atoms with Gasteiger partial charge in [-0.2, -0.15) is 0 Å². The Morgan fingerprint density at radius 2 is 1.72 bits per heavy atom. The molecule has 0 spiro atoms. The molecule has 106 valence electrons. The molecule has 1 aliphatic carbocycles. The van der Waals surface area contributed by atoms with E-state index in [0.717, 1.165) is 25.3 Å². The van der Waals surface area contributed by atoms with Crippen LogP contribution in [0.1, 0.15) is 51.9 Å². The summed E-state index contributed by atoms with van der Waals surface area (Å²) < 4.78 is 22.8. The van der Waals surface area contributed by atoms with Gasteiger partial charge >= 0.3 is 0 Å². The topological polar surface area (TPSA) is 46.2 Å². The molecule has 2 rings (SSSR count). The molecule has 0 unspecified atom stereocenters. The zero-order valence-electron chi connectivity index (χ0n) is 11.5. The van der Waals surface area contributed by atoms with Crippen LogP contribution in [0.3, 0.4) is 0 Å². The van der Waals surface area contributed by atoms with Crippen LogP contribution in [0.2, 0.25) is 0 Å². The lowest BCUT2D eigenvalue weighted by atomic mass is 9.82. The average molecular weight is 273 g/mol. The highest BCUT2D eigenvalue weighted by Gasteiger charge is 2.26. The first kappa shape index (κ1) is 14.3. The monoisotopic (exact) mass is 273 g/mol. The van der Waals surface area contributed by atoms with Crippen molar-refractivity contribution < 1.29 is 8.42 Å². The highest BCUT2D eigenvalue weighted by atomic mass is 32.2. The van der Waals surface area contributed by atoms with Crippen molar-refractivity contribution in [2.45, 2.75) is 57.9 Å². The molecule has 2 atom stereocenters. The van der Waals surface area contributed by atoms with Crippen LogP contribution in [0, 0.1) is 11.8 Å². The summed E-state index contributed by atoms with van der Waals surface area (Å²) in [5, 5.41) is 3.72. The molecule has 3 nitrogen and oxygen atoms in total. The lowest BCUT2D eigenvalue weighted by molar-refractivity contribution is 0.243. The maximum Gasteiger partial charge on any atom is 0.150 e. The highest BCUT2D eigenvalue weighted by molar-refractivity contribution is 7.91. The van der Waals surface area contributed by atoms with Crippen molar-refractivity contribution in [1.29, 1.82) is 0 Å². The Morgan fingerprint density at radius 1 is 1.06 bits per heavy atom. The van der Waals surface area contributed by atoms with Crippen LogP contribution in [0.25, 0.3) is 0 Å². The van der Waals surface area contributed by atoms with E-state index in [2.05, 4.69) is 12.2 Å². The van der Waals surface area contributed by atoms with E-state index in [1.165, 1.54) is 32.1 Å². The maximum absolute atomic E-state index is 11.4. The van der Waals surface area contributed by atoms with Crippen molar-refractivity contribution in [2.75, 3.05) is 18.1 Å². The van der Waals surface area contributed by atoms with Gasteiger partial charge in [0.2, 0.25) is 0 Å². The van der Waals surface area contributed by atoms with E-state index in [0.29, 0.717) is 23.5 Å². The van der Waals surface area contributed by atoms with E-state index >= 15 is 0 Å². The van der Waals surface area contributed by atoms with Crippen molar-refractivity contribution >= 4 is 9.84 Å². The van der Waals surface area contributed by atoms with Gasteiger partial charge in [0.15, 0.2) is 0 Å². The van der Waals surface area contributed by atoms with Gasteiger partial charge in [0.05, 0.1) is 11.5 Å². The SMILES string of the molecule is CC[C@@H]1CCCC[C@H]1NCC1CCS(=O)(=O)CC1. The van der Waals surface area contributed by atoms with Gasteiger partial charge in [-0.15, -0.1) is 0 Å². The molecule has 0 amide bonds. The van der Waals surface area contributed by atoms with E-state index in [9.17, 15) is 8.42 Å². The van der Waals surface area contributed by atoms with Crippen LogP contribution in [-0.2, 0) is 9.84 Å². The minimum atomic E-state index is -2.70. The van der Waals surface area contributed by atoms with Gasteiger partial charge in [0.25, 0.3) is 0 Å². The molecule has 2 fully saturated rings. The third kappa shape index (κ3) is 3.95. The summed E-state index contributed by atoms with van der Waals surface area (Å²) >= 11 is 0. The van der Waals surface area contributed by atoms with Crippen molar-refractivity contribution in [1.82, 2.24) is 5.32 Å². The van der Waals surface area contributed by atoms with Crippen LogP contribution in [-0.4, -0.2) is 32.5 Å². The molecule has 1 saturated carbocycles. The van der Waals surface area contributed by atoms with Crippen LogP contribution in [0.4, 0.5) is 0 Å². The van der Waals surface area contributed by atoms with Gasteiger partial charge in [0.1, 0.15) is 9.84 Å². The van der Waals surface area contributed by atoms with E-state index < -0.39 is 9.84 Å². The predicted molar refractivity (Wildman–Crippen MR) is 75.4 cm³/mol. The Labute approximate surface area is 112 Å². The van der Waals surface area contributed by atoms with Crippen LogP contribution >= 0.6 is 0 Å². The zero-order valence-corrected chi connectivity index (χ0v) is 12.3. The first-order chi connectivity index (χ1) is 8.61. The summed E-state index contributed by atoms with van der Waals surface area (Å²) in [7, 11) is -2.70. The fourth-order valence-corrected chi connectivity index (χ4v) is 5.02. The highest BCUT2D eigenvalue weighted by Crippen LogP contribution is 2.27. The normalized spacial score (nSPS) is 33.4. The van der Waals surface area contributed by atoms with Gasteiger partial charge in [-0.1, -0.05) is 26.2 Å². The Morgan fingerprint density at radius 3 is 2.39 bits per heavy atom. The van der Waals surface area contributed by atoms with Crippen molar-refractivity contribution in [2.24, 2.45) is 11.8 Å². The van der Waals surface area contributed by atoms with Crippen LogP contribution < -0.4 is 5.32 Å². The summed E-state index contributed by atoms with van der Waals surface area (Å²) in [6.07, 6.45) is 8.41. The second kappa shape index (κ2) is 6.38. The molecule has 1 heterocycles. The molecule has 0 radical (unpaired) electrons. The fraction of sp³-hybridized carbons (Fsp3) is 1.00. The Bertz CT molecular complexity index is 339. The number of hydrogen-bond donors (Lipinski definition) is 1. The van der Waals surface area contributed by atoms with E-state index in [4.69, 9.17) is 0 Å². The Balaban J connectivity index is 1.74. The van der Waals surface area contributed by atoms with Gasteiger partial charge in [0, 0.05) is 6.04 Å². The molecule has 2 aliphatic rings. The summed E-state index contributed by atoms with van der Waals surface area (Å²) in [5.41, 5.74) is 0. The molecule has 18 heavy (non-hydrogen) atoms. The molecule has 0 aromatic rings. The van der Waals surface area contributed by atoms with E-state index in [1.807, 2.05) is 0 Å². The second-order valence-electron chi connectivity index (χ2n) is 6.06. The number of sulfone groups is 1. The lowest BCUT2D eigenvalue weighted by Crippen LogP contribution is -2.42. The van der Waals surface area contributed by atoms with Crippen molar-refractivity contribution in [3.8, 4) is 0 Å². The summed E-state index contributed by atoms with van der Waals surface area (Å²) in [5.74, 6) is 2.22. The third-order valence-electron chi connectivity index (χ3n) is 4.78. The summed E-state index contributed by atoms with van der Waals surface area (Å²) in [6.45, 7) is 3.31. The summed E-state index contributed by atoms with van der Waals surface area (Å²) in [4.78, 5) is 0. The van der Waals surface area contributed by atoms with Crippen LogP contribution in [0.15, 0.2) is 0 Å². The first-order valence-electron chi connectivity index (χ1n) is 7.54. The molecule has 1 saturated heterocycles. The number of rotatable bonds is 4. The largest absolute Gasteiger partial charge is 0.313 e.